The first-order valence-corrected chi connectivity index (χ1v) is 8.60. The van der Waals surface area contributed by atoms with Crippen molar-refractivity contribution < 1.29 is 13.2 Å². The first kappa shape index (κ1) is 19.4. The Balaban J connectivity index is 2.39. The lowest BCUT2D eigenvalue weighted by Gasteiger charge is -2.36. The van der Waals surface area contributed by atoms with Gasteiger partial charge in [-0.1, -0.05) is 13.8 Å². The SMILES string of the molecule is CN=C(NCCN(C)CC(F)(F)F)N1CCSC(C(C)C)C1. The number of likely N-dealkylation sites (N-methyl/N-ethyl adjacent to an activating group) is 1. The van der Waals surface area contributed by atoms with Crippen molar-refractivity contribution in [1.29, 1.82) is 0 Å². The molecule has 0 amide bonds. The standard InChI is InChI=1S/C14H27F3N4S/c1-11(2)12-9-21(7-8-22-12)13(18-3)19-5-6-20(4)10-14(15,16)17/h11-12H,5-10H2,1-4H3,(H,18,19). The summed E-state index contributed by atoms with van der Waals surface area (Å²) < 4.78 is 36.8. The maximum atomic E-state index is 12.3. The average molecular weight is 340 g/mol. The molecule has 0 bridgehead atoms. The van der Waals surface area contributed by atoms with Crippen LogP contribution in [0.5, 0.6) is 0 Å². The van der Waals surface area contributed by atoms with Crippen LogP contribution in [0.4, 0.5) is 13.2 Å². The molecule has 130 valence electrons. The Hall–Kier alpha value is -0.630. The molecular formula is C14H27F3N4S. The van der Waals surface area contributed by atoms with Crippen LogP contribution in [0, 0.1) is 5.92 Å². The Kier molecular flexibility index (Phi) is 7.82. The number of nitrogens with zero attached hydrogens (tertiary/aromatic N) is 3. The van der Waals surface area contributed by atoms with E-state index in [0.717, 1.165) is 24.8 Å². The molecule has 0 radical (unpaired) electrons. The molecule has 0 spiro atoms. The van der Waals surface area contributed by atoms with Crippen molar-refractivity contribution in [2.24, 2.45) is 10.9 Å². The number of alkyl halides is 3. The van der Waals surface area contributed by atoms with E-state index in [2.05, 4.69) is 29.1 Å². The van der Waals surface area contributed by atoms with Crippen molar-refractivity contribution in [3.8, 4) is 0 Å². The highest BCUT2D eigenvalue weighted by atomic mass is 32.2. The smallest absolute Gasteiger partial charge is 0.355 e. The van der Waals surface area contributed by atoms with Crippen molar-refractivity contribution in [2.45, 2.75) is 25.3 Å². The topological polar surface area (TPSA) is 30.9 Å². The monoisotopic (exact) mass is 340 g/mol. The molecule has 1 unspecified atom stereocenters. The third kappa shape index (κ3) is 7.09. The van der Waals surface area contributed by atoms with Gasteiger partial charge in [0.2, 0.25) is 0 Å². The summed E-state index contributed by atoms with van der Waals surface area (Å²) in [6, 6.07) is 0. The van der Waals surface area contributed by atoms with E-state index in [1.54, 1.807) is 7.05 Å². The van der Waals surface area contributed by atoms with Crippen LogP contribution in [0.2, 0.25) is 0 Å². The summed E-state index contributed by atoms with van der Waals surface area (Å²) in [4.78, 5) is 7.72. The summed E-state index contributed by atoms with van der Waals surface area (Å²) in [6.07, 6.45) is -4.15. The average Bonchev–Trinajstić information content (AvgIpc) is 2.41. The molecule has 0 aromatic rings. The molecule has 1 heterocycles. The lowest BCUT2D eigenvalue weighted by Crippen LogP contribution is -2.50. The predicted octanol–water partition coefficient (Wildman–Crippen LogP) is 2.13. The van der Waals surface area contributed by atoms with Gasteiger partial charge in [0.15, 0.2) is 5.96 Å². The lowest BCUT2D eigenvalue weighted by molar-refractivity contribution is -0.142. The summed E-state index contributed by atoms with van der Waals surface area (Å²) in [5.41, 5.74) is 0. The van der Waals surface area contributed by atoms with E-state index < -0.39 is 12.7 Å². The number of hydrogen-bond donors (Lipinski definition) is 1. The number of rotatable bonds is 5. The van der Waals surface area contributed by atoms with Crippen molar-refractivity contribution in [3.05, 3.63) is 0 Å². The van der Waals surface area contributed by atoms with Gasteiger partial charge < -0.3 is 10.2 Å². The van der Waals surface area contributed by atoms with Crippen LogP contribution in [-0.4, -0.2) is 79.8 Å². The van der Waals surface area contributed by atoms with Crippen molar-refractivity contribution >= 4 is 17.7 Å². The van der Waals surface area contributed by atoms with Gasteiger partial charge in [-0.2, -0.15) is 24.9 Å². The van der Waals surface area contributed by atoms with Gasteiger partial charge in [0.05, 0.1) is 6.54 Å². The molecule has 0 aromatic heterocycles. The summed E-state index contributed by atoms with van der Waals surface area (Å²) >= 11 is 1.98. The highest BCUT2D eigenvalue weighted by Gasteiger charge is 2.29. The minimum absolute atomic E-state index is 0.328. The molecule has 1 rings (SSSR count). The van der Waals surface area contributed by atoms with Gasteiger partial charge in [-0.3, -0.25) is 9.89 Å². The van der Waals surface area contributed by atoms with Gasteiger partial charge in [0, 0.05) is 44.2 Å². The normalized spacial score (nSPS) is 20.9. The van der Waals surface area contributed by atoms with E-state index in [1.165, 1.54) is 11.9 Å². The molecule has 1 atom stereocenters. The zero-order valence-corrected chi connectivity index (χ0v) is 14.6. The van der Waals surface area contributed by atoms with Crippen LogP contribution in [0.15, 0.2) is 4.99 Å². The van der Waals surface area contributed by atoms with Gasteiger partial charge in [0.1, 0.15) is 0 Å². The first-order chi connectivity index (χ1) is 10.2. The second-order valence-electron chi connectivity index (χ2n) is 5.93. The molecule has 1 N–H and O–H groups in total. The number of halogens is 3. The minimum atomic E-state index is -4.15. The van der Waals surface area contributed by atoms with E-state index in [1.807, 2.05) is 11.8 Å². The molecular weight excluding hydrogens is 313 g/mol. The van der Waals surface area contributed by atoms with Gasteiger partial charge >= 0.3 is 6.18 Å². The molecule has 0 aliphatic carbocycles. The maximum absolute atomic E-state index is 12.3. The fourth-order valence-electron chi connectivity index (χ4n) is 2.35. The lowest BCUT2D eigenvalue weighted by atomic mass is 10.1. The third-order valence-corrected chi connectivity index (χ3v) is 5.11. The Morgan fingerprint density at radius 2 is 2.14 bits per heavy atom. The molecule has 22 heavy (non-hydrogen) atoms. The van der Waals surface area contributed by atoms with Crippen LogP contribution in [0.1, 0.15) is 13.8 Å². The zero-order valence-electron chi connectivity index (χ0n) is 13.8. The fraction of sp³-hybridized carbons (Fsp3) is 0.929. The highest BCUT2D eigenvalue weighted by Crippen LogP contribution is 2.24. The number of aliphatic imine (C=N–C) groups is 1. The Morgan fingerprint density at radius 1 is 1.45 bits per heavy atom. The Morgan fingerprint density at radius 3 is 2.68 bits per heavy atom. The van der Waals surface area contributed by atoms with Crippen molar-refractivity contribution in [3.63, 3.8) is 0 Å². The zero-order chi connectivity index (χ0) is 16.8. The van der Waals surface area contributed by atoms with Crippen LogP contribution in [0.25, 0.3) is 0 Å². The predicted molar refractivity (Wildman–Crippen MR) is 87.6 cm³/mol. The molecule has 1 saturated heterocycles. The summed E-state index contributed by atoms with van der Waals surface area (Å²) in [6.45, 7) is 6.17. The second-order valence-corrected chi connectivity index (χ2v) is 7.27. The fourth-order valence-corrected chi connectivity index (χ4v) is 3.65. The van der Waals surface area contributed by atoms with E-state index >= 15 is 0 Å². The second kappa shape index (κ2) is 8.86. The summed E-state index contributed by atoms with van der Waals surface area (Å²) in [5, 5.41) is 3.74. The van der Waals surface area contributed by atoms with Gasteiger partial charge in [-0.25, -0.2) is 0 Å². The quantitative estimate of drug-likeness (QED) is 0.614. The van der Waals surface area contributed by atoms with Crippen LogP contribution in [-0.2, 0) is 0 Å². The molecule has 8 heteroatoms. The maximum Gasteiger partial charge on any atom is 0.401 e. The van der Waals surface area contributed by atoms with Crippen molar-refractivity contribution in [1.82, 2.24) is 15.1 Å². The summed E-state index contributed by atoms with van der Waals surface area (Å²) in [7, 11) is 3.19. The Labute approximate surface area is 135 Å². The van der Waals surface area contributed by atoms with E-state index in [-0.39, 0.29) is 0 Å². The van der Waals surface area contributed by atoms with Crippen LogP contribution in [0.3, 0.4) is 0 Å². The number of thioether (sulfide) groups is 1. The van der Waals surface area contributed by atoms with Gasteiger partial charge in [-0.15, -0.1) is 0 Å². The molecule has 1 aliphatic heterocycles. The largest absolute Gasteiger partial charge is 0.401 e. The molecule has 0 aromatic carbocycles. The van der Waals surface area contributed by atoms with Gasteiger partial charge in [-0.05, 0) is 13.0 Å². The van der Waals surface area contributed by atoms with E-state index in [0.29, 0.717) is 24.3 Å². The van der Waals surface area contributed by atoms with Crippen LogP contribution < -0.4 is 5.32 Å². The molecule has 0 saturated carbocycles. The minimum Gasteiger partial charge on any atom is -0.355 e. The van der Waals surface area contributed by atoms with Crippen molar-refractivity contribution in [2.75, 3.05) is 52.6 Å². The number of nitrogens with one attached hydrogen (secondary N) is 1. The molecule has 1 fully saturated rings. The number of hydrogen-bond acceptors (Lipinski definition) is 3. The highest BCUT2D eigenvalue weighted by molar-refractivity contribution is 8.00. The van der Waals surface area contributed by atoms with Gasteiger partial charge in [0.25, 0.3) is 0 Å². The van der Waals surface area contributed by atoms with E-state index in [9.17, 15) is 13.2 Å². The van der Waals surface area contributed by atoms with E-state index in [4.69, 9.17) is 0 Å². The first-order valence-electron chi connectivity index (χ1n) is 7.55. The van der Waals surface area contributed by atoms with Crippen LogP contribution >= 0.6 is 11.8 Å². The Bertz CT molecular complexity index is 360. The third-order valence-electron chi connectivity index (χ3n) is 3.57. The number of guanidine groups is 1. The summed E-state index contributed by atoms with van der Waals surface area (Å²) in [5.74, 6) is 2.44. The molecule has 4 nitrogen and oxygen atoms in total. The molecule has 1 aliphatic rings.